The highest BCUT2D eigenvalue weighted by molar-refractivity contribution is 5.85. The molecule has 0 aromatic heterocycles. The van der Waals surface area contributed by atoms with E-state index in [1.807, 2.05) is 0 Å². The Morgan fingerprint density at radius 3 is 1.77 bits per heavy atom. The van der Waals surface area contributed by atoms with Crippen molar-refractivity contribution in [1.82, 2.24) is 10.2 Å². The monoisotopic (exact) mass is 348 g/mol. The van der Waals surface area contributed by atoms with E-state index in [4.69, 9.17) is 0 Å². The van der Waals surface area contributed by atoms with E-state index in [9.17, 15) is 26.3 Å². The Balaban J connectivity index is 0.00000242. The average molecular weight is 349 g/mol. The van der Waals surface area contributed by atoms with Crippen molar-refractivity contribution >= 4 is 12.4 Å². The van der Waals surface area contributed by atoms with E-state index < -0.39 is 23.5 Å². The van der Waals surface area contributed by atoms with Gasteiger partial charge in [-0.2, -0.15) is 26.3 Å². The van der Waals surface area contributed by atoms with Gasteiger partial charge in [0.15, 0.2) is 0 Å². The Morgan fingerprint density at radius 2 is 1.45 bits per heavy atom. The largest absolute Gasteiger partial charge is 0.416 e. The lowest BCUT2D eigenvalue weighted by atomic mass is 10.0. The molecular weight excluding hydrogens is 334 g/mol. The lowest BCUT2D eigenvalue weighted by molar-refractivity contribution is -0.143. The summed E-state index contributed by atoms with van der Waals surface area (Å²) in [6.45, 7) is 1.41. The first-order chi connectivity index (χ1) is 9.57. The molecule has 0 radical (unpaired) electrons. The number of hydrogen-bond donors (Lipinski definition) is 1. The first-order valence-electron chi connectivity index (χ1n) is 6.26. The van der Waals surface area contributed by atoms with Gasteiger partial charge in [0.05, 0.1) is 11.1 Å². The van der Waals surface area contributed by atoms with Crippen molar-refractivity contribution in [2.75, 3.05) is 20.1 Å². The first kappa shape index (κ1) is 19.1. The lowest BCUT2D eigenvalue weighted by Gasteiger charge is -2.35. The van der Waals surface area contributed by atoms with Gasteiger partial charge in [-0.1, -0.05) is 0 Å². The molecule has 1 aromatic carbocycles. The number of hydrogen-bond acceptors (Lipinski definition) is 2. The van der Waals surface area contributed by atoms with Crippen molar-refractivity contribution in [3.8, 4) is 0 Å². The van der Waals surface area contributed by atoms with E-state index in [0.29, 0.717) is 13.1 Å². The van der Waals surface area contributed by atoms with Crippen molar-refractivity contribution in [3.05, 3.63) is 34.9 Å². The Bertz CT molecular complexity index is 478. The Labute approximate surface area is 129 Å². The Kier molecular flexibility index (Phi) is 5.75. The van der Waals surface area contributed by atoms with Crippen molar-refractivity contribution in [1.29, 1.82) is 0 Å². The van der Waals surface area contributed by atoms with Crippen molar-refractivity contribution < 1.29 is 26.3 Å². The van der Waals surface area contributed by atoms with Gasteiger partial charge in [0, 0.05) is 25.7 Å². The first-order valence-corrected chi connectivity index (χ1v) is 6.26. The fourth-order valence-corrected chi connectivity index (χ4v) is 2.11. The maximum Gasteiger partial charge on any atom is 0.416 e. The smallest absolute Gasteiger partial charge is 0.314 e. The van der Waals surface area contributed by atoms with Crippen molar-refractivity contribution in [3.63, 3.8) is 0 Å². The second kappa shape index (κ2) is 6.64. The quantitative estimate of drug-likeness (QED) is 0.840. The molecule has 0 amide bonds. The molecule has 9 heteroatoms. The van der Waals surface area contributed by atoms with Gasteiger partial charge in [-0.15, -0.1) is 12.4 Å². The number of alkyl halides is 6. The van der Waals surface area contributed by atoms with E-state index >= 15 is 0 Å². The predicted octanol–water partition coefficient (Wildman–Crippen LogP) is 3.55. The molecule has 1 aromatic rings. The highest BCUT2D eigenvalue weighted by Crippen LogP contribution is 2.36. The van der Waals surface area contributed by atoms with Crippen LogP contribution in [-0.4, -0.2) is 31.1 Å². The van der Waals surface area contributed by atoms with Gasteiger partial charge in [0.25, 0.3) is 0 Å². The van der Waals surface area contributed by atoms with E-state index in [1.54, 1.807) is 11.9 Å². The van der Waals surface area contributed by atoms with Crippen LogP contribution in [0, 0.1) is 0 Å². The molecule has 1 heterocycles. The molecule has 1 saturated heterocycles. The summed E-state index contributed by atoms with van der Waals surface area (Å²) < 4.78 is 76.3. The van der Waals surface area contributed by atoms with Crippen LogP contribution >= 0.6 is 12.4 Å². The normalized spacial score (nSPS) is 16.4. The zero-order valence-corrected chi connectivity index (χ0v) is 12.4. The molecule has 0 aliphatic carbocycles. The fraction of sp³-hybridized carbons (Fsp3) is 0.538. The second-order valence-electron chi connectivity index (χ2n) is 5.14. The van der Waals surface area contributed by atoms with Crippen LogP contribution in [0.5, 0.6) is 0 Å². The molecule has 2 nitrogen and oxygen atoms in total. The lowest BCUT2D eigenvalue weighted by Crippen LogP contribution is -2.55. The summed E-state index contributed by atoms with van der Waals surface area (Å²) in [4.78, 5) is 1.74. The minimum Gasteiger partial charge on any atom is -0.314 e. The number of halogens is 7. The highest BCUT2D eigenvalue weighted by Gasteiger charge is 2.37. The van der Waals surface area contributed by atoms with Crippen LogP contribution in [-0.2, 0) is 18.9 Å². The van der Waals surface area contributed by atoms with Gasteiger partial charge in [0.2, 0.25) is 0 Å². The SMILES string of the molecule is CN(Cc1cc(C(F)(F)F)cc(C(F)(F)F)c1)C1CNC1.Cl. The Hall–Kier alpha value is -0.990. The van der Waals surface area contributed by atoms with E-state index in [1.165, 1.54) is 0 Å². The number of likely N-dealkylation sites (N-methyl/N-ethyl adjacent to an activating group) is 1. The van der Waals surface area contributed by atoms with Gasteiger partial charge < -0.3 is 5.32 Å². The van der Waals surface area contributed by atoms with Gasteiger partial charge in [-0.3, -0.25) is 4.90 Å². The molecule has 1 N–H and O–H groups in total. The molecule has 0 bridgehead atoms. The van der Waals surface area contributed by atoms with Crippen LogP contribution in [0.15, 0.2) is 18.2 Å². The molecule has 22 heavy (non-hydrogen) atoms. The highest BCUT2D eigenvalue weighted by atomic mass is 35.5. The maximum absolute atomic E-state index is 12.7. The molecule has 0 atom stereocenters. The van der Waals surface area contributed by atoms with Crippen LogP contribution in [0.4, 0.5) is 26.3 Å². The number of nitrogens with one attached hydrogen (secondary N) is 1. The topological polar surface area (TPSA) is 15.3 Å². The number of benzene rings is 1. The van der Waals surface area contributed by atoms with Crippen LogP contribution < -0.4 is 5.32 Å². The molecule has 2 rings (SSSR count). The van der Waals surface area contributed by atoms with Gasteiger partial charge in [-0.25, -0.2) is 0 Å². The summed E-state index contributed by atoms with van der Waals surface area (Å²) in [5.41, 5.74) is -2.54. The molecular formula is C13H15ClF6N2. The summed E-state index contributed by atoms with van der Waals surface area (Å²) in [5, 5.41) is 3.00. The summed E-state index contributed by atoms with van der Waals surface area (Å²) in [7, 11) is 1.68. The number of rotatable bonds is 3. The summed E-state index contributed by atoms with van der Waals surface area (Å²) >= 11 is 0. The summed E-state index contributed by atoms with van der Waals surface area (Å²) in [6.07, 6.45) is -9.60. The molecule has 126 valence electrons. The molecule has 1 fully saturated rings. The summed E-state index contributed by atoms with van der Waals surface area (Å²) in [6, 6.07) is 1.83. The van der Waals surface area contributed by atoms with Crippen LogP contribution in [0.1, 0.15) is 16.7 Å². The van der Waals surface area contributed by atoms with Gasteiger partial charge >= 0.3 is 12.4 Å². The minimum absolute atomic E-state index is 0. The summed E-state index contributed by atoms with van der Waals surface area (Å²) in [5.74, 6) is 0. The zero-order chi connectivity index (χ0) is 15.8. The molecule has 0 spiro atoms. The average Bonchev–Trinajstić information content (AvgIpc) is 2.23. The number of nitrogens with zero attached hydrogens (tertiary/aromatic N) is 1. The van der Waals surface area contributed by atoms with E-state index in [0.717, 1.165) is 12.1 Å². The predicted molar refractivity (Wildman–Crippen MR) is 71.8 cm³/mol. The van der Waals surface area contributed by atoms with Crippen molar-refractivity contribution in [2.24, 2.45) is 0 Å². The standard InChI is InChI=1S/C13H14F6N2.ClH/c1-21(11-5-20-6-11)7-8-2-9(12(14,15)16)4-10(3-8)13(17,18)19;/h2-4,11,20H,5-7H2,1H3;1H. The minimum atomic E-state index is -4.80. The van der Waals surface area contributed by atoms with Crippen LogP contribution in [0.3, 0.4) is 0 Å². The van der Waals surface area contributed by atoms with Gasteiger partial charge in [-0.05, 0) is 30.8 Å². The second-order valence-corrected chi connectivity index (χ2v) is 5.14. The third-order valence-electron chi connectivity index (χ3n) is 3.46. The molecule has 1 aliphatic rings. The van der Waals surface area contributed by atoms with E-state index in [2.05, 4.69) is 5.32 Å². The molecule has 0 unspecified atom stereocenters. The molecule has 1 aliphatic heterocycles. The van der Waals surface area contributed by atoms with Gasteiger partial charge in [0.1, 0.15) is 0 Å². The van der Waals surface area contributed by atoms with Crippen LogP contribution in [0.2, 0.25) is 0 Å². The third-order valence-corrected chi connectivity index (χ3v) is 3.46. The Morgan fingerprint density at radius 1 is 1.00 bits per heavy atom. The van der Waals surface area contributed by atoms with E-state index in [-0.39, 0.29) is 36.6 Å². The molecule has 0 saturated carbocycles. The third kappa shape index (κ3) is 4.50. The van der Waals surface area contributed by atoms with Crippen LogP contribution in [0.25, 0.3) is 0 Å². The fourth-order valence-electron chi connectivity index (χ4n) is 2.11. The van der Waals surface area contributed by atoms with Crippen molar-refractivity contribution in [2.45, 2.75) is 24.9 Å². The zero-order valence-electron chi connectivity index (χ0n) is 11.6. The maximum atomic E-state index is 12.7.